The van der Waals surface area contributed by atoms with E-state index >= 15 is 0 Å². The number of aryl methyl sites for hydroxylation is 1. The predicted octanol–water partition coefficient (Wildman–Crippen LogP) is 3.50. The number of nitrogens with one attached hydrogen (secondary N) is 2. The molecule has 144 valence electrons. The van der Waals surface area contributed by atoms with Crippen LogP contribution in [0.4, 0.5) is 0 Å². The third kappa shape index (κ3) is 6.40. The second-order valence-electron chi connectivity index (χ2n) is 5.94. The number of nitrogens with zero attached hydrogens (tertiary/aromatic N) is 1. The number of aromatic amines is 1. The van der Waals surface area contributed by atoms with Crippen LogP contribution >= 0.6 is 24.8 Å². The lowest BCUT2D eigenvalue weighted by Crippen LogP contribution is -2.39. The fourth-order valence-corrected chi connectivity index (χ4v) is 2.76. The lowest BCUT2D eigenvalue weighted by atomic mass is 10.1. The fourth-order valence-electron chi connectivity index (χ4n) is 2.76. The molecule has 0 spiro atoms. The summed E-state index contributed by atoms with van der Waals surface area (Å²) in [5.41, 5.74) is 8.79. The molecule has 2 heterocycles. The molecular weight excluding hydrogens is 383 g/mol. The Labute approximate surface area is 171 Å². The lowest BCUT2D eigenvalue weighted by molar-refractivity contribution is -0.117. The average Bonchev–Trinajstić information content (AvgIpc) is 3.07. The third-order valence-electron chi connectivity index (χ3n) is 4.15. The topological polar surface area (TPSA) is 83.8 Å². The smallest absolute Gasteiger partial charge is 0.244 e. The van der Waals surface area contributed by atoms with Crippen molar-refractivity contribution in [1.82, 2.24) is 15.3 Å². The van der Waals surface area contributed by atoms with Crippen LogP contribution in [-0.4, -0.2) is 28.5 Å². The van der Waals surface area contributed by atoms with Gasteiger partial charge in [-0.05, 0) is 36.6 Å². The van der Waals surface area contributed by atoms with E-state index in [1.165, 1.54) is 5.56 Å². The van der Waals surface area contributed by atoms with Crippen molar-refractivity contribution in [3.05, 3.63) is 72.1 Å². The van der Waals surface area contributed by atoms with E-state index in [1.54, 1.807) is 18.3 Å². The van der Waals surface area contributed by atoms with Gasteiger partial charge in [0.15, 0.2) is 0 Å². The Morgan fingerprint density at radius 1 is 1.19 bits per heavy atom. The van der Waals surface area contributed by atoms with E-state index in [4.69, 9.17) is 5.73 Å². The maximum atomic E-state index is 12.2. The van der Waals surface area contributed by atoms with Crippen LogP contribution in [0, 0.1) is 0 Å². The quantitative estimate of drug-likeness (QED) is 0.525. The summed E-state index contributed by atoms with van der Waals surface area (Å²) < 4.78 is 0. The number of hydrogen-bond acceptors (Lipinski definition) is 3. The zero-order valence-electron chi connectivity index (χ0n) is 14.8. The highest BCUT2D eigenvalue weighted by Crippen LogP contribution is 2.16. The number of pyridine rings is 1. The molecule has 27 heavy (non-hydrogen) atoms. The monoisotopic (exact) mass is 406 g/mol. The number of amides is 1. The molecular formula is C20H24Cl2N4O. The summed E-state index contributed by atoms with van der Waals surface area (Å²) >= 11 is 0. The Morgan fingerprint density at radius 3 is 2.70 bits per heavy atom. The highest BCUT2D eigenvalue weighted by Gasteiger charge is 2.09. The molecule has 2 aromatic heterocycles. The predicted molar refractivity (Wildman–Crippen MR) is 115 cm³/mol. The average molecular weight is 407 g/mol. The Kier molecular flexibility index (Phi) is 9.58. The van der Waals surface area contributed by atoms with E-state index in [0.717, 1.165) is 29.4 Å². The summed E-state index contributed by atoms with van der Waals surface area (Å²) in [5.74, 6) is -0.137. The summed E-state index contributed by atoms with van der Waals surface area (Å²) in [7, 11) is 0. The van der Waals surface area contributed by atoms with Crippen molar-refractivity contribution >= 4 is 47.8 Å². The number of halogens is 2. The fraction of sp³-hybridized carbons (Fsp3) is 0.200. The van der Waals surface area contributed by atoms with Crippen molar-refractivity contribution in [3.8, 4) is 0 Å². The highest BCUT2D eigenvalue weighted by molar-refractivity contribution is 5.95. The molecule has 0 aliphatic rings. The van der Waals surface area contributed by atoms with Gasteiger partial charge in [-0.1, -0.05) is 30.3 Å². The van der Waals surface area contributed by atoms with Crippen molar-refractivity contribution < 1.29 is 4.79 Å². The molecule has 0 aliphatic carbocycles. The molecule has 0 fully saturated rings. The first kappa shape index (κ1) is 22.7. The normalized spacial score (nSPS) is 11.6. The van der Waals surface area contributed by atoms with Gasteiger partial charge in [0.05, 0.1) is 0 Å². The van der Waals surface area contributed by atoms with Crippen molar-refractivity contribution in [2.24, 2.45) is 5.73 Å². The minimum absolute atomic E-state index is 0. The van der Waals surface area contributed by atoms with Crippen LogP contribution in [0.5, 0.6) is 0 Å². The van der Waals surface area contributed by atoms with Gasteiger partial charge in [-0.3, -0.25) is 4.79 Å². The van der Waals surface area contributed by atoms with Crippen molar-refractivity contribution in [2.45, 2.75) is 18.9 Å². The van der Waals surface area contributed by atoms with Gasteiger partial charge in [-0.2, -0.15) is 0 Å². The summed E-state index contributed by atoms with van der Waals surface area (Å²) in [6.07, 6.45) is 8.62. The van der Waals surface area contributed by atoms with Gasteiger partial charge in [0, 0.05) is 42.0 Å². The van der Waals surface area contributed by atoms with Crippen LogP contribution in [-0.2, 0) is 11.2 Å². The lowest BCUT2D eigenvalue weighted by Gasteiger charge is -2.15. The third-order valence-corrected chi connectivity index (χ3v) is 4.15. The zero-order chi connectivity index (χ0) is 17.5. The number of H-pyrrole nitrogens is 1. The minimum atomic E-state index is -0.137. The largest absolute Gasteiger partial charge is 0.349 e. The number of carbonyl (C=O) groups is 1. The van der Waals surface area contributed by atoms with Crippen LogP contribution in [0.15, 0.2) is 60.9 Å². The molecule has 1 amide bonds. The van der Waals surface area contributed by atoms with Crippen molar-refractivity contribution in [1.29, 1.82) is 0 Å². The molecule has 3 aromatic rings. The number of aromatic nitrogens is 2. The molecule has 0 bridgehead atoms. The highest BCUT2D eigenvalue weighted by atomic mass is 35.5. The molecule has 1 atom stereocenters. The van der Waals surface area contributed by atoms with Gasteiger partial charge in [0.1, 0.15) is 5.65 Å². The number of hydrogen-bond donors (Lipinski definition) is 3. The molecule has 0 aliphatic heterocycles. The van der Waals surface area contributed by atoms with Crippen LogP contribution in [0.3, 0.4) is 0 Å². The van der Waals surface area contributed by atoms with E-state index < -0.39 is 0 Å². The molecule has 3 rings (SSSR count). The van der Waals surface area contributed by atoms with Gasteiger partial charge in [-0.15, -0.1) is 24.8 Å². The maximum absolute atomic E-state index is 12.2. The molecule has 5 nitrogen and oxygen atoms in total. The van der Waals surface area contributed by atoms with Crippen LogP contribution in [0.2, 0.25) is 0 Å². The second-order valence-corrected chi connectivity index (χ2v) is 5.94. The van der Waals surface area contributed by atoms with Crippen LogP contribution < -0.4 is 11.1 Å². The minimum Gasteiger partial charge on any atom is -0.349 e. The summed E-state index contributed by atoms with van der Waals surface area (Å²) in [6, 6.07) is 14.0. The molecule has 0 saturated carbocycles. The number of rotatable bonds is 7. The first-order valence-electron chi connectivity index (χ1n) is 8.41. The SMILES string of the molecule is Cl.Cl.NC[C@H](CCc1ccccc1)NC(=O)/C=C/c1c[nH]c2ncccc12. The van der Waals surface area contributed by atoms with Gasteiger partial charge >= 0.3 is 0 Å². The number of carbonyl (C=O) groups excluding carboxylic acids is 1. The summed E-state index contributed by atoms with van der Waals surface area (Å²) in [4.78, 5) is 19.5. The summed E-state index contributed by atoms with van der Waals surface area (Å²) in [6.45, 7) is 0.420. The van der Waals surface area contributed by atoms with Gasteiger partial charge < -0.3 is 16.0 Å². The molecule has 0 radical (unpaired) electrons. The zero-order valence-corrected chi connectivity index (χ0v) is 16.4. The molecule has 4 N–H and O–H groups in total. The van der Waals surface area contributed by atoms with E-state index in [0.29, 0.717) is 6.54 Å². The maximum Gasteiger partial charge on any atom is 0.244 e. The second kappa shape index (κ2) is 11.4. The Morgan fingerprint density at radius 2 is 1.96 bits per heavy atom. The first-order valence-corrected chi connectivity index (χ1v) is 8.41. The standard InChI is InChI=1S/C20H22N4O.2ClH/c21-13-17(10-8-15-5-2-1-3-6-15)24-19(25)11-9-16-14-23-20-18(16)7-4-12-22-20;;/h1-7,9,11-12,14,17H,8,10,13,21H2,(H,22,23)(H,24,25);2*1H/b11-9+;;/t17-;;/m0../s1. The number of nitrogens with two attached hydrogens (primary N) is 1. The Bertz CT molecular complexity index is 865. The van der Waals surface area contributed by atoms with Crippen molar-refractivity contribution in [3.63, 3.8) is 0 Å². The molecule has 7 heteroatoms. The molecule has 1 aromatic carbocycles. The van der Waals surface area contributed by atoms with E-state index in [9.17, 15) is 4.79 Å². The summed E-state index contributed by atoms with van der Waals surface area (Å²) in [5, 5.41) is 3.96. The first-order chi connectivity index (χ1) is 12.3. The number of benzene rings is 1. The van der Waals surface area contributed by atoms with Crippen molar-refractivity contribution in [2.75, 3.05) is 6.54 Å². The van der Waals surface area contributed by atoms with E-state index in [2.05, 4.69) is 27.4 Å². The van der Waals surface area contributed by atoms with Gasteiger partial charge in [0.25, 0.3) is 0 Å². The van der Waals surface area contributed by atoms with E-state index in [1.807, 2.05) is 36.5 Å². The van der Waals surface area contributed by atoms with Gasteiger partial charge in [-0.25, -0.2) is 4.98 Å². The molecule has 0 unspecified atom stereocenters. The Balaban J connectivity index is 0.00000182. The Hall–Kier alpha value is -2.34. The number of fused-ring (bicyclic) bond motifs is 1. The van der Waals surface area contributed by atoms with Crippen LogP contribution in [0.25, 0.3) is 17.1 Å². The van der Waals surface area contributed by atoms with E-state index in [-0.39, 0.29) is 36.8 Å². The van der Waals surface area contributed by atoms with Crippen LogP contribution in [0.1, 0.15) is 17.5 Å². The van der Waals surface area contributed by atoms with Gasteiger partial charge in [0.2, 0.25) is 5.91 Å². The molecule has 0 saturated heterocycles.